The number of hydrogen-bond donors (Lipinski definition) is 2. The molecule has 0 aromatic heterocycles. The van der Waals surface area contributed by atoms with Crippen LogP contribution in [0.3, 0.4) is 0 Å². The lowest BCUT2D eigenvalue weighted by molar-refractivity contribution is 0.0183. The summed E-state index contributed by atoms with van der Waals surface area (Å²) in [6.07, 6.45) is -0.303. The van der Waals surface area contributed by atoms with E-state index in [0.29, 0.717) is 79.6 Å². The van der Waals surface area contributed by atoms with E-state index in [2.05, 4.69) is 0 Å². The van der Waals surface area contributed by atoms with Crippen LogP contribution in [0.2, 0.25) is 0 Å². The van der Waals surface area contributed by atoms with Gasteiger partial charge in [0.05, 0.1) is 51.4 Å². The van der Waals surface area contributed by atoms with Gasteiger partial charge in [-0.2, -0.15) is 0 Å². The van der Waals surface area contributed by atoms with Crippen LogP contribution in [0.25, 0.3) is 32.7 Å². The van der Waals surface area contributed by atoms with Crippen molar-refractivity contribution in [2.75, 3.05) is 41.7 Å². The molecule has 0 saturated heterocycles. The van der Waals surface area contributed by atoms with Crippen molar-refractivity contribution >= 4 is 33.5 Å². The van der Waals surface area contributed by atoms with Gasteiger partial charge in [0.25, 0.3) is 0 Å². The van der Waals surface area contributed by atoms with Gasteiger partial charge in [-0.25, -0.2) is 9.59 Å². The fourth-order valence-electron chi connectivity index (χ4n) is 7.41. The molecule has 2 heterocycles. The minimum absolute atomic E-state index is 0.143. The maximum Gasteiger partial charge on any atom is 0.342 e. The molecule has 2 N–H and O–H groups in total. The topological polar surface area (TPSA) is 148 Å². The Bertz CT molecular complexity index is 1890. The first-order chi connectivity index (χ1) is 25.0. The molecule has 0 spiro atoms. The van der Waals surface area contributed by atoms with Gasteiger partial charge < -0.3 is 48.1 Å². The normalized spacial score (nSPS) is 16.8. The largest absolute Gasteiger partial charge is 0.496 e. The van der Waals surface area contributed by atoms with Gasteiger partial charge in [-0.15, -0.1) is 0 Å². The fraction of sp³-hybridized carbons (Fsp3) is 0.450. The van der Waals surface area contributed by atoms with Crippen LogP contribution in [-0.4, -0.2) is 88.2 Å². The van der Waals surface area contributed by atoms with Gasteiger partial charge in [-0.1, -0.05) is 0 Å². The summed E-state index contributed by atoms with van der Waals surface area (Å²) < 4.78 is 48.5. The van der Waals surface area contributed by atoms with Crippen LogP contribution < -0.4 is 28.4 Å². The first-order valence-electron chi connectivity index (χ1n) is 17.5. The van der Waals surface area contributed by atoms with Crippen molar-refractivity contribution in [2.45, 2.75) is 77.8 Å². The monoisotopic (exact) mass is 718 g/mol. The van der Waals surface area contributed by atoms with Gasteiger partial charge in [0, 0.05) is 72.9 Å². The Morgan fingerprint density at radius 2 is 0.981 bits per heavy atom. The summed E-state index contributed by atoms with van der Waals surface area (Å²) in [5.74, 6) is 1.23. The quantitative estimate of drug-likeness (QED) is 0.152. The van der Waals surface area contributed by atoms with Gasteiger partial charge in [0.15, 0.2) is 0 Å². The number of fused-ring (bicyclic) bond motifs is 4. The van der Waals surface area contributed by atoms with Gasteiger partial charge in [0.1, 0.15) is 57.8 Å². The number of carbonyl (C=O) groups is 2. The molecule has 0 fully saturated rings. The van der Waals surface area contributed by atoms with Crippen molar-refractivity contribution < 1.29 is 57.7 Å². The summed E-state index contributed by atoms with van der Waals surface area (Å²) >= 11 is 0. The van der Waals surface area contributed by atoms with Crippen molar-refractivity contribution in [1.29, 1.82) is 0 Å². The highest BCUT2D eigenvalue weighted by atomic mass is 16.6. The zero-order valence-corrected chi connectivity index (χ0v) is 30.8. The molecule has 12 heteroatoms. The van der Waals surface area contributed by atoms with Gasteiger partial charge in [-0.3, -0.25) is 0 Å². The Kier molecular flexibility index (Phi) is 10.6. The number of methoxy groups -OCH3 is 4. The third-order valence-electron chi connectivity index (χ3n) is 9.35. The number of aliphatic hydroxyl groups excluding tert-OH is 2. The number of aliphatic hydroxyl groups is 2. The van der Waals surface area contributed by atoms with E-state index in [9.17, 15) is 19.8 Å². The third-order valence-corrected chi connectivity index (χ3v) is 9.35. The average Bonchev–Trinajstić information content (AvgIpc) is 3.09. The van der Waals surface area contributed by atoms with Crippen LogP contribution in [0, 0.1) is 0 Å². The summed E-state index contributed by atoms with van der Waals surface area (Å²) in [6, 6.07) is 7.39. The molecular weight excluding hydrogens is 672 g/mol. The van der Waals surface area contributed by atoms with Crippen molar-refractivity contribution in [3.8, 4) is 45.6 Å². The second kappa shape index (κ2) is 15.0. The Hall–Kier alpha value is -4.94. The van der Waals surface area contributed by atoms with Crippen molar-refractivity contribution in [1.82, 2.24) is 0 Å². The van der Waals surface area contributed by atoms with Crippen molar-refractivity contribution in [3.05, 3.63) is 46.5 Å². The first kappa shape index (κ1) is 36.8. The van der Waals surface area contributed by atoms with Crippen LogP contribution in [0.5, 0.6) is 34.5 Å². The molecule has 0 aliphatic carbocycles. The molecule has 0 saturated carbocycles. The summed E-state index contributed by atoms with van der Waals surface area (Å²) in [7, 11) is 6.13. The molecule has 4 aromatic carbocycles. The summed E-state index contributed by atoms with van der Waals surface area (Å²) in [5, 5.41) is 21.8. The standard InChI is InChI=1S/C40H46O12/c1-19(2)49-29-17-27(45-5)33(25-15-21-13-23(9-11-41)51-39(43)31(21)37(47-7)35(25)29)34-26-16-22-14-24(10-12-42)52-40(44)32(22)38(48-8)36(26)30(50-20(3)4)18-28(34)46-6/h15-20,23-24,41-42H,9-14H2,1-8H3/t23-,24-/m1/s1. The highest BCUT2D eigenvalue weighted by Gasteiger charge is 2.37. The molecule has 0 unspecified atom stereocenters. The average molecular weight is 719 g/mol. The van der Waals surface area contributed by atoms with Crippen LogP contribution in [0.4, 0.5) is 0 Å². The van der Waals surface area contributed by atoms with Gasteiger partial charge >= 0.3 is 11.9 Å². The molecule has 4 aromatic rings. The van der Waals surface area contributed by atoms with E-state index in [1.54, 1.807) is 26.4 Å². The van der Waals surface area contributed by atoms with Crippen LogP contribution in [0.15, 0.2) is 24.3 Å². The van der Waals surface area contributed by atoms with Gasteiger partial charge in [-0.05, 0) is 51.0 Å². The lowest BCUT2D eigenvalue weighted by atomic mass is 9.85. The van der Waals surface area contributed by atoms with E-state index in [1.165, 1.54) is 14.2 Å². The zero-order chi connectivity index (χ0) is 37.4. The predicted molar refractivity (Wildman–Crippen MR) is 194 cm³/mol. The molecule has 52 heavy (non-hydrogen) atoms. The second-order valence-electron chi connectivity index (χ2n) is 13.5. The predicted octanol–water partition coefficient (Wildman–Crippen LogP) is 6.20. The Morgan fingerprint density at radius 3 is 1.29 bits per heavy atom. The SMILES string of the molecule is COc1cc(OC(C)C)c2c(OC)c3c(cc2c1-c1c(OC)cc(OC(C)C)c2c(OC)c4c(cc12)C[C@@H](CCO)OC4=O)C[C@@H](CCO)OC3=O. The first-order valence-corrected chi connectivity index (χ1v) is 17.5. The highest BCUT2D eigenvalue weighted by Crippen LogP contribution is 2.55. The Labute approximate surface area is 302 Å². The van der Waals surface area contributed by atoms with Crippen molar-refractivity contribution in [3.63, 3.8) is 0 Å². The highest BCUT2D eigenvalue weighted by molar-refractivity contribution is 6.18. The molecule has 12 nitrogen and oxygen atoms in total. The number of cyclic esters (lactones) is 2. The maximum absolute atomic E-state index is 13.6. The van der Waals surface area contributed by atoms with E-state index >= 15 is 0 Å². The molecular formula is C40H46O12. The van der Waals surface area contributed by atoms with E-state index in [1.807, 2.05) is 39.8 Å². The van der Waals surface area contributed by atoms with Crippen molar-refractivity contribution in [2.24, 2.45) is 0 Å². The fourth-order valence-corrected chi connectivity index (χ4v) is 7.41. The van der Waals surface area contributed by atoms with Crippen LogP contribution >= 0.6 is 0 Å². The molecule has 2 aliphatic rings. The molecule has 0 amide bonds. The lowest BCUT2D eigenvalue weighted by Crippen LogP contribution is -2.29. The third kappa shape index (κ3) is 6.38. The minimum Gasteiger partial charge on any atom is -0.496 e. The Morgan fingerprint density at radius 1 is 0.596 bits per heavy atom. The zero-order valence-electron chi connectivity index (χ0n) is 30.8. The van der Waals surface area contributed by atoms with Crippen LogP contribution in [0.1, 0.15) is 72.4 Å². The number of esters is 2. The van der Waals surface area contributed by atoms with Gasteiger partial charge in [0.2, 0.25) is 0 Å². The molecule has 0 radical (unpaired) electrons. The molecule has 2 atom stereocenters. The van der Waals surface area contributed by atoms with E-state index in [4.69, 9.17) is 37.9 Å². The number of carbonyl (C=O) groups excluding carboxylic acids is 2. The minimum atomic E-state index is -0.551. The second-order valence-corrected chi connectivity index (χ2v) is 13.5. The molecule has 0 bridgehead atoms. The Balaban J connectivity index is 1.82. The number of rotatable bonds is 13. The summed E-state index contributed by atoms with van der Waals surface area (Å²) in [5.41, 5.74) is 3.15. The summed E-state index contributed by atoms with van der Waals surface area (Å²) in [6.45, 7) is 7.32. The van der Waals surface area contributed by atoms with Crippen LogP contribution in [-0.2, 0) is 22.3 Å². The lowest BCUT2D eigenvalue weighted by Gasteiger charge is -2.29. The summed E-state index contributed by atoms with van der Waals surface area (Å²) in [4.78, 5) is 27.1. The molecule has 278 valence electrons. The van der Waals surface area contributed by atoms with E-state index in [0.717, 1.165) is 0 Å². The van der Waals surface area contributed by atoms with E-state index < -0.39 is 24.1 Å². The number of hydrogen-bond acceptors (Lipinski definition) is 12. The smallest absolute Gasteiger partial charge is 0.342 e. The van der Waals surface area contributed by atoms with E-state index in [-0.39, 0.29) is 60.9 Å². The number of benzene rings is 4. The molecule has 6 rings (SSSR count). The maximum atomic E-state index is 13.6. The number of ether oxygens (including phenoxy) is 8. The molecule has 2 aliphatic heterocycles.